The van der Waals surface area contributed by atoms with Gasteiger partial charge in [-0.15, -0.1) is 0 Å². The molecule has 0 spiro atoms. The van der Waals surface area contributed by atoms with E-state index in [4.69, 9.17) is 0 Å². The molecule has 2 N–H and O–H groups in total. The van der Waals surface area contributed by atoms with Gasteiger partial charge in [-0.2, -0.15) is 0 Å². The Balaban J connectivity index is 1.99. The lowest BCUT2D eigenvalue weighted by atomic mass is 9.82. The van der Waals surface area contributed by atoms with Gasteiger partial charge in [0.2, 0.25) is 5.91 Å². The van der Waals surface area contributed by atoms with E-state index in [9.17, 15) is 14.7 Å². The number of aliphatic carboxylic acids is 1. The molecule has 0 aliphatic heterocycles. The summed E-state index contributed by atoms with van der Waals surface area (Å²) in [5.74, 6) is -1.01. The number of amides is 1. The number of hydrogen-bond donors (Lipinski definition) is 2. The van der Waals surface area contributed by atoms with E-state index in [-0.39, 0.29) is 18.4 Å². The molecule has 114 valence electrons. The molecule has 1 saturated carbocycles. The van der Waals surface area contributed by atoms with Crippen LogP contribution in [0.1, 0.15) is 56.2 Å². The fraction of sp³-hybridized carbons (Fsp3) is 0.529. The van der Waals surface area contributed by atoms with E-state index in [2.05, 4.69) is 5.32 Å². The summed E-state index contributed by atoms with van der Waals surface area (Å²) in [6.07, 6.45) is 3.08. The Labute approximate surface area is 125 Å². The molecule has 0 saturated heterocycles. The first-order valence-corrected chi connectivity index (χ1v) is 7.52. The molecule has 0 aromatic heterocycles. The van der Waals surface area contributed by atoms with Crippen molar-refractivity contribution in [3.8, 4) is 0 Å². The third-order valence-electron chi connectivity index (χ3n) is 4.43. The molecule has 1 aliphatic carbocycles. The molecular weight excluding hydrogens is 266 g/mol. The lowest BCUT2D eigenvalue weighted by Crippen LogP contribution is -2.36. The summed E-state index contributed by atoms with van der Waals surface area (Å²) in [4.78, 5) is 23.7. The quantitative estimate of drug-likeness (QED) is 0.874. The Bertz CT molecular complexity index is 533. The fourth-order valence-corrected chi connectivity index (χ4v) is 3.14. The van der Waals surface area contributed by atoms with Gasteiger partial charge in [-0.3, -0.25) is 9.59 Å². The average Bonchev–Trinajstić information content (AvgIpc) is 2.88. The van der Waals surface area contributed by atoms with Crippen LogP contribution in [0.25, 0.3) is 0 Å². The minimum Gasteiger partial charge on any atom is -0.481 e. The van der Waals surface area contributed by atoms with Crippen LogP contribution in [0.2, 0.25) is 0 Å². The van der Waals surface area contributed by atoms with Crippen molar-refractivity contribution >= 4 is 11.9 Å². The van der Waals surface area contributed by atoms with Crippen LogP contribution in [-0.2, 0) is 9.59 Å². The van der Waals surface area contributed by atoms with E-state index in [0.717, 1.165) is 24.0 Å². The third-order valence-corrected chi connectivity index (χ3v) is 4.43. The predicted octanol–water partition coefficient (Wildman–Crippen LogP) is 3.21. The highest BCUT2D eigenvalue weighted by Crippen LogP contribution is 2.41. The molecule has 0 heterocycles. The highest BCUT2D eigenvalue weighted by molar-refractivity contribution is 5.85. The lowest BCUT2D eigenvalue weighted by Gasteiger charge is -2.24. The maximum atomic E-state index is 12.2. The van der Waals surface area contributed by atoms with Crippen molar-refractivity contribution in [1.82, 2.24) is 5.32 Å². The minimum atomic E-state index is -0.851. The summed E-state index contributed by atoms with van der Waals surface area (Å²) in [6, 6.07) is 7.87. The second kappa shape index (κ2) is 6.29. The Hall–Kier alpha value is -1.84. The highest BCUT2D eigenvalue weighted by Gasteiger charge is 2.43. The number of carboxylic acid groups (broad SMARTS) is 1. The van der Waals surface area contributed by atoms with Crippen LogP contribution in [0.3, 0.4) is 0 Å². The molecule has 4 nitrogen and oxygen atoms in total. The zero-order valence-corrected chi connectivity index (χ0v) is 12.7. The predicted molar refractivity (Wildman–Crippen MR) is 80.9 cm³/mol. The zero-order chi connectivity index (χ0) is 15.5. The normalized spacial score (nSPS) is 18.2. The molecule has 1 aromatic rings. The van der Waals surface area contributed by atoms with E-state index < -0.39 is 11.4 Å². The molecule has 21 heavy (non-hydrogen) atoms. The van der Waals surface area contributed by atoms with Crippen molar-refractivity contribution in [2.24, 2.45) is 5.41 Å². The smallest absolute Gasteiger partial charge is 0.310 e. The average molecular weight is 289 g/mol. The van der Waals surface area contributed by atoms with Crippen molar-refractivity contribution in [2.75, 3.05) is 0 Å². The molecule has 1 aromatic carbocycles. The van der Waals surface area contributed by atoms with Crippen molar-refractivity contribution in [2.45, 2.75) is 52.0 Å². The summed E-state index contributed by atoms with van der Waals surface area (Å²) < 4.78 is 0. The van der Waals surface area contributed by atoms with Gasteiger partial charge in [0, 0.05) is 6.42 Å². The number of hydrogen-bond acceptors (Lipinski definition) is 2. The van der Waals surface area contributed by atoms with Gasteiger partial charge in [0.1, 0.15) is 0 Å². The molecule has 1 amide bonds. The van der Waals surface area contributed by atoms with Gasteiger partial charge in [0.15, 0.2) is 0 Å². The van der Waals surface area contributed by atoms with E-state index in [1.165, 1.54) is 0 Å². The summed E-state index contributed by atoms with van der Waals surface area (Å²) in [5.41, 5.74) is 1.33. The Morgan fingerprint density at radius 1 is 1.33 bits per heavy atom. The standard InChI is InChI=1S/C17H23NO3/c1-12-6-5-7-14(10-12)13(2)18-15(19)11-17(16(20)21)8-3-4-9-17/h5-7,10,13H,3-4,8-9,11H2,1-2H3,(H,18,19)(H,20,21)/t13-/m0/s1. The first-order chi connectivity index (χ1) is 9.93. The molecule has 2 rings (SSSR count). The lowest BCUT2D eigenvalue weighted by molar-refractivity contribution is -0.151. The molecule has 1 atom stereocenters. The van der Waals surface area contributed by atoms with Crippen molar-refractivity contribution in [1.29, 1.82) is 0 Å². The molecule has 4 heteroatoms. The summed E-state index contributed by atoms with van der Waals surface area (Å²) in [7, 11) is 0. The maximum Gasteiger partial charge on any atom is 0.310 e. The largest absolute Gasteiger partial charge is 0.481 e. The van der Waals surface area contributed by atoms with E-state index in [0.29, 0.717) is 12.8 Å². The second-order valence-electron chi connectivity index (χ2n) is 6.17. The SMILES string of the molecule is Cc1cccc([C@H](C)NC(=O)CC2(C(=O)O)CCCC2)c1. The van der Waals surface area contributed by atoms with Gasteiger partial charge in [0.25, 0.3) is 0 Å². The molecule has 0 unspecified atom stereocenters. The Kier molecular flexibility index (Phi) is 4.66. The summed E-state index contributed by atoms with van der Waals surface area (Å²) >= 11 is 0. The van der Waals surface area contributed by atoms with Crippen LogP contribution < -0.4 is 5.32 Å². The van der Waals surface area contributed by atoms with E-state index in [1.54, 1.807) is 0 Å². The number of benzene rings is 1. The van der Waals surface area contributed by atoms with E-state index >= 15 is 0 Å². The number of aryl methyl sites for hydroxylation is 1. The number of carbonyl (C=O) groups is 2. The van der Waals surface area contributed by atoms with Gasteiger partial charge in [-0.25, -0.2) is 0 Å². The van der Waals surface area contributed by atoms with Crippen LogP contribution in [-0.4, -0.2) is 17.0 Å². The number of rotatable bonds is 5. The number of carboxylic acids is 1. The van der Waals surface area contributed by atoms with E-state index in [1.807, 2.05) is 38.1 Å². The Morgan fingerprint density at radius 2 is 2.00 bits per heavy atom. The monoisotopic (exact) mass is 289 g/mol. The highest BCUT2D eigenvalue weighted by atomic mass is 16.4. The van der Waals surface area contributed by atoms with Crippen LogP contribution in [0.4, 0.5) is 0 Å². The molecule has 1 fully saturated rings. The number of nitrogens with one attached hydrogen (secondary N) is 1. The van der Waals surface area contributed by atoms with Crippen molar-refractivity contribution in [3.63, 3.8) is 0 Å². The van der Waals surface area contributed by atoms with Crippen LogP contribution in [0.5, 0.6) is 0 Å². The maximum absolute atomic E-state index is 12.2. The third kappa shape index (κ3) is 3.63. The van der Waals surface area contributed by atoms with Crippen LogP contribution in [0.15, 0.2) is 24.3 Å². The van der Waals surface area contributed by atoms with Crippen LogP contribution in [0, 0.1) is 12.3 Å². The van der Waals surface area contributed by atoms with Gasteiger partial charge < -0.3 is 10.4 Å². The number of carbonyl (C=O) groups excluding carboxylic acids is 1. The van der Waals surface area contributed by atoms with Gasteiger partial charge in [-0.1, -0.05) is 42.7 Å². The van der Waals surface area contributed by atoms with Gasteiger partial charge in [-0.05, 0) is 32.3 Å². The molecule has 1 aliphatic rings. The molecular formula is C17H23NO3. The van der Waals surface area contributed by atoms with Crippen molar-refractivity contribution < 1.29 is 14.7 Å². The zero-order valence-electron chi connectivity index (χ0n) is 12.7. The van der Waals surface area contributed by atoms with Crippen LogP contribution >= 0.6 is 0 Å². The first kappa shape index (κ1) is 15.5. The van der Waals surface area contributed by atoms with Crippen molar-refractivity contribution in [3.05, 3.63) is 35.4 Å². The second-order valence-corrected chi connectivity index (χ2v) is 6.17. The first-order valence-electron chi connectivity index (χ1n) is 7.52. The van der Waals surface area contributed by atoms with Gasteiger partial charge >= 0.3 is 5.97 Å². The summed E-state index contributed by atoms with van der Waals surface area (Å²) in [5, 5.41) is 12.3. The minimum absolute atomic E-state index is 0.0818. The fourth-order valence-electron chi connectivity index (χ4n) is 3.14. The Morgan fingerprint density at radius 3 is 2.57 bits per heavy atom. The molecule has 0 radical (unpaired) electrons. The topological polar surface area (TPSA) is 66.4 Å². The summed E-state index contributed by atoms with van der Waals surface area (Å²) in [6.45, 7) is 3.94. The molecule has 0 bridgehead atoms. The van der Waals surface area contributed by atoms with Gasteiger partial charge in [0.05, 0.1) is 11.5 Å².